The third-order valence-electron chi connectivity index (χ3n) is 3.84. The second-order valence-corrected chi connectivity index (χ2v) is 6.24. The van der Waals surface area contributed by atoms with E-state index in [4.69, 9.17) is 9.47 Å². The first-order valence-electron chi connectivity index (χ1n) is 6.94. The molecule has 0 saturated carbocycles. The molecule has 0 bridgehead atoms. The number of nitrogens with one attached hydrogen (secondary N) is 1. The number of benzene rings is 1. The minimum atomic E-state index is 0.0423. The topological polar surface area (TPSA) is 30.5 Å². The van der Waals surface area contributed by atoms with Crippen LogP contribution in [0.25, 0.3) is 0 Å². The van der Waals surface area contributed by atoms with Crippen LogP contribution in [-0.4, -0.2) is 27.3 Å². The van der Waals surface area contributed by atoms with Crippen LogP contribution in [-0.2, 0) is 5.41 Å². The molecule has 3 nitrogen and oxygen atoms in total. The molecule has 1 aromatic rings. The average Bonchev–Trinajstić information content (AvgIpc) is 2.89. The van der Waals surface area contributed by atoms with E-state index in [0.717, 1.165) is 31.0 Å². The largest absolute Gasteiger partial charge is 0.497 e. The van der Waals surface area contributed by atoms with E-state index in [0.29, 0.717) is 5.92 Å². The maximum Gasteiger partial charge on any atom is 0.126 e. The predicted octanol–water partition coefficient (Wildman–Crippen LogP) is 3.08. The van der Waals surface area contributed by atoms with Gasteiger partial charge in [-0.05, 0) is 30.5 Å². The van der Waals surface area contributed by atoms with Crippen molar-refractivity contribution in [1.82, 2.24) is 5.32 Å². The van der Waals surface area contributed by atoms with Gasteiger partial charge >= 0.3 is 0 Å². The lowest BCUT2D eigenvalue weighted by Crippen LogP contribution is -2.16. The van der Waals surface area contributed by atoms with Crippen LogP contribution in [0, 0.1) is 0 Å². The quantitative estimate of drug-likeness (QED) is 0.909. The average molecular weight is 263 g/mol. The Hall–Kier alpha value is -1.22. The van der Waals surface area contributed by atoms with E-state index in [1.807, 2.05) is 0 Å². The lowest BCUT2D eigenvalue weighted by Gasteiger charge is -2.26. The van der Waals surface area contributed by atoms with E-state index in [1.165, 1.54) is 11.1 Å². The van der Waals surface area contributed by atoms with Crippen molar-refractivity contribution >= 4 is 0 Å². The van der Waals surface area contributed by atoms with E-state index >= 15 is 0 Å². The zero-order chi connectivity index (χ0) is 14.0. The summed E-state index contributed by atoms with van der Waals surface area (Å²) in [5, 5.41) is 3.42. The molecule has 0 radical (unpaired) electrons. The van der Waals surface area contributed by atoms with Crippen molar-refractivity contribution in [2.75, 3.05) is 27.3 Å². The summed E-state index contributed by atoms with van der Waals surface area (Å²) in [5.41, 5.74) is 2.54. The fourth-order valence-corrected chi connectivity index (χ4v) is 2.75. The molecule has 0 aliphatic carbocycles. The van der Waals surface area contributed by atoms with Gasteiger partial charge in [-0.25, -0.2) is 0 Å². The lowest BCUT2D eigenvalue weighted by molar-refractivity contribution is 0.380. The van der Waals surface area contributed by atoms with Gasteiger partial charge in [-0.15, -0.1) is 0 Å². The van der Waals surface area contributed by atoms with Crippen LogP contribution < -0.4 is 14.8 Å². The number of methoxy groups -OCH3 is 2. The van der Waals surface area contributed by atoms with Crippen molar-refractivity contribution in [3.63, 3.8) is 0 Å². The second kappa shape index (κ2) is 5.41. The van der Waals surface area contributed by atoms with Gasteiger partial charge < -0.3 is 14.8 Å². The molecule has 1 N–H and O–H groups in total. The SMILES string of the molecule is COc1cc(C2CCNC2)c(OC)c(C(C)(C)C)c1. The zero-order valence-electron chi connectivity index (χ0n) is 12.7. The molecule has 1 aliphatic heterocycles. The van der Waals surface area contributed by atoms with Crippen molar-refractivity contribution in [3.05, 3.63) is 23.3 Å². The lowest BCUT2D eigenvalue weighted by atomic mass is 9.83. The first-order valence-corrected chi connectivity index (χ1v) is 6.94. The van der Waals surface area contributed by atoms with E-state index in [9.17, 15) is 0 Å². The molecule has 1 aliphatic rings. The third-order valence-corrected chi connectivity index (χ3v) is 3.84. The highest BCUT2D eigenvalue weighted by Gasteiger charge is 2.27. The Morgan fingerprint density at radius 2 is 1.89 bits per heavy atom. The summed E-state index contributed by atoms with van der Waals surface area (Å²) in [5.74, 6) is 2.47. The zero-order valence-corrected chi connectivity index (χ0v) is 12.7. The summed E-state index contributed by atoms with van der Waals surface area (Å²) in [6.07, 6.45) is 1.16. The Labute approximate surface area is 116 Å². The summed E-state index contributed by atoms with van der Waals surface area (Å²) in [6, 6.07) is 4.23. The first-order chi connectivity index (χ1) is 8.97. The molecule has 2 rings (SSSR count). The molecule has 0 amide bonds. The Kier molecular flexibility index (Phi) is 4.04. The van der Waals surface area contributed by atoms with Gasteiger partial charge in [0, 0.05) is 23.6 Å². The highest BCUT2D eigenvalue weighted by atomic mass is 16.5. The monoisotopic (exact) mass is 263 g/mol. The molecule has 1 heterocycles. The van der Waals surface area contributed by atoms with Crippen molar-refractivity contribution in [1.29, 1.82) is 0 Å². The summed E-state index contributed by atoms with van der Waals surface area (Å²) in [4.78, 5) is 0. The highest BCUT2D eigenvalue weighted by molar-refractivity contribution is 5.52. The minimum Gasteiger partial charge on any atom is -0.497 e. The van der Waals surface area contributed by atoms with Crippen molar-refractivity contribution in [2.24, 2.45) is 0 Å². The number of rotatable bonds is 3. The van der Waals surface area contributed by atoms with Crippen LogP contribution in [0.2, 0.25) is 0 Å². The smallest absolute Gasteiger partial charge is 0.126 e. The molecule has 0 spiro atoms. The summed E-state index contributed by atoms with van der Waals surface area (Å²) >= 11 is 0. The minimum absolute atomic E-state index is 0.0423. The van der Waals surface area contributed by atoms with Crippen LogP contribution in [0.4, 0.5) is 0 Å². The number of hydrogen-bond donors (Lipinski definition) is 1. The number of hydrogen-bond acceptors (Lipinski definition) is 3. The molecule has 1 fully saturated rings. The van der Waals surface area contributed by atoms with Gasteiger partial charge in [-0.2, -0.15) is 0 Å². The Morgan fingerprint density at radius 1 is 1.16 bits per heavy atom. The standard InChI is InChI=1S/C16H25NO2/c1-16(2,3)14-9-12(18-4)8-13(15(14)19-5)11-6-7-17-10-11/h8-9,11,17H,6-7,10H2,1-5H3. The van der Waals surface area contributed by atoms with Gasteiger partial charge in [-0.1, -0.05) is 20.8 Å². The Morgan fingerprint density at radius 3 is 2.37 bits per heavy atom. The van der Waals surface area contributed by atoms with Crippen molar-refractivity contribution in [2.45, 2.75) is 38.5 Å². The van der Waals surface area contributed by atoms with Crippen molar-refractivity contribution < 1.29 is 9.47 Å². The summed E-state index contributed by atoms with van der Waals surface area (Å²) in [7, 11) is 3.49. The molecule has 0 aromatic heterocycles. The number of ether oxygens (including phenoxy) is 2. The molecular formula is C16H25NO2. The van der Waals surface area contributed by atoms with Crippen LogP contribution in [0.5, 0.6) is 11.5 Å². The predicted molar refractivity (Wildman–Crippen MR) is 78.5 cm³/mol. The highest BCUT2D eigenvalue weighted by Crippen LogP contribution is 2.41. The molecule has 106 valence electrons. The molecule has 19 heavy (non-hydrogen) atoms. The van der Waals surface area contributed by atoms with Gasteiger partial charge in [0.1, 0.15) is 11.5 Å². The van der Waals surface area contributed by atoms with E-state index in [1.54, 1.807) is 14.2 Å². The fourth-order valence-electron chi connectivity index (χ4n) is 2.75. The molecular weight excluding hydrogens is 238 g/mol. The Bertz CT molecular complexity index is 443. The van der Waals surface area contributed by atoms with Gasteiger partial charge in [0.05, 0.1) is 14.2 Å². The normalized spacial score (nSPS) is 19.5. The van der Waals surface area contributed by atoms with Gasteiger partial charge in [-0.3, -0.25) is 0 Å². The maximum atomic E-state index is 5.73. The summed E-state index contributed by atoms with van der Waals surface area (Å²) in [6.45, 7) is 8.73. The molecule has 3 heteroatoms. The van der Waals surface area contributed by atoms with Gasteiger partial charge in [0.15, 0.2) is 0 Å². The summed E-state index contributed by atoms with van der Waals surface area (Å²) < 4.78 is 11.2. The molecule has 1 saturated heterocycles. The molecule has 1 atom stereocenters. The van der Waals surface area contributed by atoms with Crippen LogP contribution in [0.3, 0.4) is 0 Å². The third kappa shape index (κ3) is 2.86. The first kappa shape index (κ1) is 14.2. The molecule has 1 unspecified atom stereocenters. The van der Waals surface area contributed by atoms with E-state index in [-0.39, 0.29) is 5.41 Å². The Balaban J connectivity index is 2.56. The maximum absolute atomic E-state index is 5.73. The van der Waals surface area contributed by atoms with Gasteiger partial charge in [0.25, 0.3) is 0 Å². The van der Waals surface area contributed by atoms with Crippen LogP contribution >= 0.6 is 0 Å². The van der Waals surface area contributed by atoms with Crippen LogP contribution in [0.1, 0.15) is 44.2 Å². The fraction of sp³-hybridized carbons (Fsp3) is 0.625. The van der Waals surface area contributed by atoms with Crippen molar-refractivity contribution in [3.8, 4) is 11.5 Å². The van der Waals surface area contributed by atoms with Crippen LogP contribution in [0.15, 0.2) is 12.1 Å². The van der Waals surface area contributed by atoms with E-state index < -0.39 is 0 Å². The molecule has 1 aromatic carbocycles. The van der Waals surface area contributed by atoms with Gasteiger partial charge in [0.2, 0.25) is 0 Å². The van der Waals surface area contributed by atoms with E-state index in [2.05, 4.69) is 38.2 Å². The second-order valence-electron chi connectivity index (χ2n) is 6.24.